The normalized spacial score (nSPS) is 11.8. The lowest BCUT2D eigenvalue weighted by Crippen LogP contribution is -2.42. The molecule has 0 fully saturated rings. The van der Waals surface area contributed by atoms with Crippen molar-refractivity contribution in [1.82, 2.24) is 5.32 Å². The summed E-state index contributed by atoms with van der Waals surface area (Å²) < 4.78 is 10.5. The van der Waals surface area contributed by atoms with E-state index in [9.17, 15) is 19.5 Å². The van der Waals surface area contributed by atoms with Crippen LogP contribution >= 0.6 is 11.6 Å². The van der Waals surface area contributed by atoms with Crippen molar-refractivity contribution in [3.8, 4) is 5.75 Å². The Bertz CT molecular complexity index is 1170. The van der Waals surface area contributed by atoms with Crippen molar-refractivity contribution in [2.24, 2.45) is 0 Å². The van der Waals surface area contributed by atoms with Gasteiger partial charge in [-0.3, -0.25) is 4.79 Å². The second-order valence-electron chi connectivity index (χ2n) is 7.14. The van der Waals surface area contributed by atoms with Crippen LogP contribution in [0.2, 0.25) is 5.02 Å². The first-order valence-electron chi connectivity index (χ1n) is 9.65. The molecule has 0 radical (unpaired) electrons. The number of aliphatic carboxylic acids is 1. The number of ether oxygens (including phenoxy) is 1. The number of methoxy groups -OCH3 is 1. The van der Waals surface area contributed by atoms with Crippen LogP contribution in [0.3, 0.4) is 0 Å². The number of carbonyl (C=O) groups excluding carboxylic acids is 1. The zero-order valence-electron chi connectivity index (χ0n) is 17.1. The lowest BCUT2D eigenvalue weighted by molar-refractivity contribution is -0.141. The summed E-state index contributed by atoms with van der Waals surface area (Å²) in [5.41, 5.74) is 1.72. The van der Waals surface area contributed by atoms with Crippen LogP contribution in [0.25, 0.3) is 11.0 Å². The zero-order chi connectivity index (χ0) is 22.5. The van der Waals surface area contributed by atoms with Crippen molar-refractivity contribution in [3.05, 3.63) is 74.6 Å². The summed E-state index contributed by atoms with van der Waals surface area (Å²) in [6.45, 7) is 1.79. The van der Waals surface area contributed by atoms with Crippen LogP contribution in [-0.2, 0) is 22.4 Å². The van der Waals surface area contributed by atoms with E-state index < -0.39 is 23.5 Å². The lowest BCUT2D eigenvalue weighted by Gasteiger charge is -2.15. The predicted octanol–water partition coefficient (Wildman–Crippen LogP) is 3.51. The van der Waals surface area contributed by atoms with E-state index in [1.54, 1.807) is 49.4 Å². The van der Waals surface area contributed by atoms with Crippen LogP contribution in [0.1, 0.15) is 23.1 Å². The highest BCUT2D eigenvalue weighted by Crippen LogP contribution is 2.24. The molecular weight excluding hydrogens is 422 g/mol. The van der Waals surface area contributed by atoms with Gasteiger partial charge in [0, 0.05) is 34.9 Å². The maximum Gasteiger partial charge on any atom is 0.339 e. The third-order valence-electron chi connectivity index (χ3n) is 5.08. The fourth-order valence-electron chi connectivity index (χ4n) is 3.35. The molecule has 0 spiro atoms. The summed E-state index contributed by atoms with van der Waals surface area (Å²) in [6.07, 6.45) is 0.212. The summed E-state index contributed by atoms with van der Waals surface area (Å²) >= 11 is 5.85. The van der Waals surface area contributed by atoms with Gasteiger partial charge in [-0.1, -0.05) is 23.7 Å². The van der Waals surface area contributed by atoms with Gasteiger partial charge in [-0.2, -0.15) is 0 Å². The molecule has 0 bridgehead atoms. The fourth-order valence-corrected chi connectivity index (χ4v) is 3.48. The van der Waals surface area contributed by atoms with Crippen molar-refractivity contribution in [1.29, 1.82) is 0 Å². The van der Waals surface area contributed by atoms with Crippen molar-refractivity contribution in [2.45, 2.75) is 32.2 Å². The number of halogens is 1. The molecule has 0 saturated carbocycles. The molecule has 7 nitrogen and oxygen atoms in total. The Kier molecular flexibility index (Phi) is 6.97. The minimum absolute atomic E-state index is 0.0440. The van der Waals surface area contributed by atoms with E-state index in [4.69, 9.17) is 20.8 Å². The molecule has 1 atom stereocenters. The number of benzene rings is 2. The molecule has 1 aromatic heterocycles. The molecule has 0 aliphatic carbocycles. The van der Waals surface area contributed by atoms with Crippen LogP contribution in [-0.4, -0.2) is 30.1 Å². The Balaban J connectivity index is 1.70. The van der Waals surface area contributed by atoms with Crippen LogP contribution in [0.4, 0.5) is 0 Å². The average molecular weight is 444 g/mol. The fraction of sp³-hybridized carbons (Fsp3) is 0.261. The number of carbonyl (C=O) groups is 2. The van der Waals surface area contributed by atoms with Gasteiger partial charge in [-0.25, -0.2) is 9.59 Å². The van der Waals surface area contributed by atoms with Gasteiger partial charge in [-0.05, 0) is 48.7 Å². The summed E-state index contributed by atoms with van der Waals surface area (Å²) in [5, 5.41) is 13.3. The summed E-state index contributed by atoms with van der Waals surface area (Å²) in [6, 6.07) is 10.8. The Morgan fingerprint density at radius 3 is 2.55 bits per heavy atom. The molecule has 2 N–H and O–H groups in total. The van der Waals surface area contributed by atoms with E-state index in [0.717, 1.165) is 16.5 Å². The van der Waals surface area contributed by atoms with E-state index in [-0.39, 0.29) is 19.3 Å². The number of aryl methyl sites for hydroxylation is 1. The number of carboxylic acids is 1. The largest absolute Gasteiger partial charge is 0.497 e. The van der Waals surface area contributed by atoms with E-state index in [2.05, 4.69) is 5.32 Å². The highest BCUT2D eigenvalue weighted by Gasteiger charge is 2.21. The molecule has 0 aliphatic rings. The van der Waals surface area contributed by atoms with Crippen molar-refractivity contribution >= 4 is 34.4 Å². The van der Waals surface area contributed by atoms with E-state index in [0.29, 0.717) is 21.9 Å². The minimum atomic E-state index is -1.14. The minimum Gasteiger partial charge on any atom is -0.497 e. The van der Waals surface area contributed by atoms with Gasteiger partial charge in [0.2, 0.25) is 5.91 Å². The van der Waals surface area contributed by atoms with Crippen LogP contribution in [0.5, 0.6) is 5.75 Å². The van der Waals surface area contributed by atoms with Crippen molar-refractivity contribution < 1.29 is 23.8 Å². The van der Waals surface area contributed by atoms with Gasteiger partial charge in [0.05, 0.1) is 7.11 Å². The first kappa shape index (κ1) is 22.4. The third-order valence-corrected chi connectivity index (χ3v) is 5.33. The quantitative estimate of drug-likeness (QED) is 0.516. The van der Waals surface area contributed by atoms with Crippen LogP contribution in [0, 0.1) is 6.92 Å². The van der Waals surface area contributed by atoms with E-state index in [1.807, 2.05) is 0 Å². The van der Waals surface area contributed by atoms with Gasteiger partial charge in [0.25, 0.3) is 0 Å². The molecule has 8 heteroatoms. The first-order valence-corrected chi connectivity index (χ1v) is 10.0. The molecule has 0 unspecified atom stereocenters. The van der Waals surface area contributed by atoms with E-state index in [1.165, 1.54) is 7.11 Å². The molecule has 0 saturated heterocycles. The Morgan fingerprint density at radius 1 is 1.19 bits per heavy atom. The monoisotopic (exact) mass is 443 g/mol. The Morgan fingerprint density at radius 2 is 1.90 bits per heavy atom. The van der Waals surface area contributed by atoms with Gasteiger partial charge in [-0.15, -0.1) is 0 Å². The molecule has 1 heterocycles. The molecule has 3 rings (SSSR count). The molecule has 162 valence electrons. The summed E-state index contributed by atoms with van der Waals surface area (Å²) in [7, 11) is 1.52. The average Bonchev–Trinajstić information content (AvgIpc) is 2.74. The van der Waals surface area contributed by atoms with Crippen LogP contribution < -0.4 is 15.7 Å². The van der Waals surface area contributed by atoms with Crippen molar-refractivity contribution in [2.75, 3.05) is 7.11 Å². The number of fused-ring (bicyclic) bond motifs is 1. The van der Waals surface area contributed by atoms with Gasteiger partial charge < -0.3 is 19.6 Å². The maximum atomic E-state index is 12.4. The second kappa shape index (κ2) is 9.66. The third kappa shape index (κ3) is 5.44. The van der Waals surface area contributed by atoms with Crippen LogP contribution in [0.15, 0.2) is 51.7 Å². The Labute approximate surface area is 183 Å². The van der Waals surface area contributed by atoms with Gasteiger partial charge in [0.1, 0.15) is 17.4 Å². The maximum absolute atomic E-state index is 12.4. The lowest BCUT2D eigenvalue weighted by atomic mass is 10.0. The number of amides is 1. The smallest absolute Gasteiger partial charge is 0.339 e. The predicted molar refractivity (Wildman–Crippen MR) is 117 cm³/mol. The highest BCUT2D eigenvalue weighted by atomic mass is 35.5. The van der Waals surface area contributed by atoms with Gasteiger partial charge >= 0.3 is 11.6 Å². The Hall–Kier alpha value is -3.32. The molecule has 1 amide bonds. The number of nitrogens with one attached hydrogen (secondary N) is 1. The number of hydrogen-bond donors (Lipinski definition) is 2. The summed E-state index contributed by atoms with van der Waals surface area (Å²) in [5.74, 6) is -1.03. The first-order chi connectivity index (χ1) is 14.8. The van der Waals surface area contributed by atoms with Gasteiger partial charge in [0.15, 0.2) is 0 Å². The standard InChI is InChI=1S/C23H22ClNO6/c1-13-17-8-7-16(30-2)12-20(17)31-23(29)18(13)9-10-21(26)25-19(22(27)28)11-14-3-5-15(24)6-4-14/h3-8,12,19H,9-11H2,1-2H3,(H,25,26)(H,27,28)/t19-/m1/s1. The van der Waals surface area contributed by atoms with Crippen molar-refractivity contribution in [3.63, 3.8) is 0 Å². The topological polar surface area (TPSA) is 106 Å². The molecule has 0 aliphatic heterocycles. The number of hydrogen-bond acceptors (Lipinski definition) is 5. The summed E-state index contributed by atoms with van der Waals surface area (Å²) in [4.78, 5) is 36.4. The highest BCUT2D eigenvalue weighted by molar-refractivity contribution is 6.30. The molecule has 3 aromatic rings. The zero-order valence-corrected chi connectivity index (χ0v) is 17.9. The number of carboxylic acid groups (broad SMARTS) is 1. The van der Waals surface area contributed by atoms with E-state index >= 15 is 0 Å². The SMILES string of the molecule is COc1ccc2c(C)c(CCC(=O)N[C@H](Cc3ccc(Cl)cc3)C(=O)O)c(=O)oc2c1. The second-order valence-corrected chi connectivity index (χ2v) is 7.58. The molecular formula is C23H22ClNO6. The molecule has 31 heavy (non-hydrogen) atoms. The number of rotatable bonds is 8. The molecule has 2 aromatic carbocycles.